The molecule has 1 aliphatic carbocycles. The van der Waals surface area contributed by atoms with Gasteiger partial charge >= 0.3 is 5.97 Å². The topological polar surface area (TPSA) is 74.4 Å². The van der Waals surface area contributed by atoms with Crippen LogP contribution in [0.15, 0.2) is 12.3 Å². The summed E-state index contributed by atoms with van der Waals surface area (Å²) < 4.78 is 11.6. The van der Waals surface area contributed by atoms with Crippen molar-refractivity contribution in [3.05, 3.63) is 23.5 Å². The van der Waals surface area contributed by atoms with Gasteiger partial charge in [0, 0.05) is 12.8 Å². The SMILES string of the molecule is Cc1ncc(N)cc1C(=O)OC1CCOC2(CCCC2)C1. The maximum atomic E-state index is 12.3. The molecule has 21 heavy (non-hydrogen) atoms. The van der Waals surface area contributed by atoms with E-state index in [0.717, 1.165) is 25.7 Å². The number of hydrogen-bond acceptors (Lipinski definition) is 5. The van der Waals surface area contributed by atoms with E-state index in [1.54, 1.807) is 19.2 Å². The summed E-state index contributed by atoms with van der Waals surface area (Å²) >= 11 is 0. The maximum Gasteiger partial charge on any atom is 0.340 e. The first-order valence-electron chi connectivity index (χ1n) is 7.65. The van der Waals surface area contributed by atoms with Crippen molar-refractivity contribution in [2.45, 2.75) is 57.2 Å². The van der Waals surface area contributed by atoms with Gasteiger partial charge in [-0.3, -0.25) is 4.98 Å². The van der Waals surface area contributed by atoms with Crippen molar-refractivity contribution < 1.29 is 14.3 Å². The third kappa shape index (κ3) is 3.02. The van der Waals surface area contributed by atoms with Gasteiger partial charge in [-0.2, -0.15) is 0 Å². The smallest absolute Gasteiger partial charge is 0.340 e. The Bertz CT molecular complexity index is 538. The van der Waals surface area contributed by atoms with Gasteiger partial charge in [-0.05, 0) is 25.8 Å². The number of aromatic nitrogens is 1. The molecule has 1 saturated heterocycles. The van der Waals surface area contributed by atoms with Crippen LogP contribution in [-0.4, -0.2) is 29.3 Å². The number of nitrogens with two attached hydrogens (primary N) is 1. The van der Waals surface area contributed by atoms with E-state index >= 15 is 0 Å². The van der Waals surface area contributed by atoms with E-state index in [-0.39, 0.29) is 17.7 Å². The molecule has 1 aromatic rings. The standard InChI is InChI=1S/C16H22N2O3/c1-11-14(8-12(17)10-18-11)15(19)21-13-4-7-20-16(9-13)5-2-3-6-16/h8,10,13H,2-7,9,17H2,1H3. The summed E-state index contributed by atoms with van der Waals surface area (Å²) in [5, 5.41) is 0. The Kier molecular flexibility index (Phi) is 3.85. The number of esters is 1. The number of pyridine rings is 1. The highest BCUT2D eigenvalue weighted by Crippen LogP contribution is 2.40. The van der Waals surface area contributed by atoms with E-state index in [4.69, 9.17) is 15.2 Å². The molecule has 114 valence electrons. The van der Waals surface area contributed by atoms with Crippen LogP contribution in [0.3, 0.4) is 0 Å². The van der Waals surface area contributed by atoms with Crippen LogP contribution >= 0.6 is 0 Å². The van der Waals surface area contributed by atoms with Crippen molar-refractivity contribution in [2.24, 2.45) is 0 Å². The molecule has 1 aliphatic heterocycles. The van der Waals surface area contributed by atoms with E-state index in [0.29, 0.717) is 23.6 Å². The minimum atomic E-state index is -0.327. The van der Waals surface area contributed by atoms with E-state index < -0.39 is 0 Å². The molecule has 5 nitrogen and oxygen atoms in total. The van der Waals surface area contributed by atoms with Crippen LogP contribution in [0.2, 0.25) is 0 Å². The van der Waals surface area contributed by atoms with Crippen molar-refractivity contribution in [2.75, 3.05) is 12.3 Å². The lowest BCUT2D eigenvalue weighted by molar-refractivity contribution is -0.117. The van der Waals surface area contributed by atoms with Gasteiger partial charge in [0.25, 0.3) is 0 Å². The number of hydrogen-bond donors (Lipinski definition) is 1. The van der Waals surface area contributed by atoms with Gasteiger partial charge in [0.05, 0.1) is 35.3 Å². The monoisotopic (exact) mass is 290 g/mol. The normalized spacial score (nSPS) is 24.1. The first kappa shape index (κ1) is 14.3. The average molecular weight is 290 g/mol. The van der Waals surface area contributed by atoms with Crippen LogP contribution in [0.1, 0.15) is 54.6 Å². The van der Waals surface area contributed by atoms with Gasteiger partial charge in [0.1, 0.15) is 6.10 Å². The van der Waals surface area contributed by atoms with Gasteiger partial charge in [-0.1, -0.05) is 12.8 Å². The number of aryl methyl sites for hydroxylation is 1. The molecule has 1 spiro atoms. The lowest BCUT2D eigenvalue weighted by Gasteiger charge is -2.37. The highest BCUT2D eigenvalue weighted by atomic mass is 16.6. The minimum absolute atomic E-state index is 0.0494. The Balaban J connectivity index is 1.68. The predicted octanol–water partition coefficient (Wildman–Crippen LogP) is 2.62. The van der Waals surface area contributed by atoms with E-state index in [1.807, 2.05) is 0 Å². The summed E-state index contributed by atoms with van der Waals surface area (Å²) in [4.78, 5) is 16.4. The third-order valence-corrected chi connectivity index (χ3v) is 4.56. The molecule has 2 N–H and O–H groups in total. The molecule has 2 fully saturated rings. The van der Waals surface area contributed by atoms with Crippen LogP contribution in [0.5, 0.6) is 0 Å². The molecular weight excluding hydrogens is 268 g/mol. The highest BCUT2D eigenvalue weighted by molar-refractivity contribution is 5.91. The lowest BCUT2D eigenvalue weighted by Crippen LogP contribution is -2.41. The molecule has 1 aromatic heterocycles. The van der Waals surface area contributed by atoms with E-state index in [1.165, 1.54) is 12.8 Å². The summed E-state index contributed by atoms with van der Waals surface area (Å²) in [5.74, 6) is -0.327. The van der Waals surface area contributed by atoms with E-state index in [9.17, 15) is 4.79 Å². The molecule has 5 heteroatoms. The van der Waals surface area contributed by atoms with Crippen LogP contribution in [-0.2, 0) is 9.47 Å². The Labute approximate surface area is 124 Å². The van der Waals surface area contributed by atoms with Crippen molar-refractivity contribution in [1.82, 2.24) is 4.98 Å². The molecule has 2 aliphatic rings. The van der Waals surface area contributed by atoms with Gasteiger partial charge in [-0.25, -0.2) is 4.79 Å². The minimum Gasteiger partial charge on any atom is -0.459 e. The van der Waals surface area contributed by atoms with Crippen molar-refractivity contribution in [1.29, 1.82) is 0 Å². The quantitative estimate of drug-likeness (QED) is 0.847. The lowest BCUT2D eigenvalue weighted by atomic mass is 9.90. The van der Waals surface area contributed by atoms with Crippen molar-refractivity contribution in [3.63, 3.8) is 0 Å². The summed E-state index contributed by atoms with van der Waals surface area (Å²) in [7, 11) is 0. The zero-order valence-electron chi connectivity index (χ0n) is 12.4. The number of carbonyl (C=O) groups excluding carboxylic acids is 1. The molecule has 0 radical (unpaired) electrons. The van der Waals surface area contributed by atoms with Gasteiger partial charge < -0.3 is 15.2 Å². The zero-order chi connectivity index (χ0) is 14.9. The summed E-state index contributed by atoms with van der Waals surface area (Å²) in [5.41, 5.74) is 7.24. The Morgan fingerprint density at radius 1 is 1.48 bits per heavy atom. The fraction of sp³-hybridized carbons (Fsp3) is 0.625. The number of anilines is 1. The Hall–Kier alpha value is -1.62. The first-order chi connectivity index (χ1) is 10.1. The largest absolute Gasteiger partial charge is 0.459 e. The van der Waals surface area contributed by atoms with Gasteiger partial charge in [0.15, 0.2) is 0 Å². The molecule has 0 bridgehead atoms. The zero-order valence-corrected chi connectivity index (χ0v) is 12.4. The number of rotatable bonds is 2. The Morgan fingerprint density at radius 3 is 3.00 bits per heavy atom. The van der Waals surface area contributed by atoms with Gasteiger partial charge in [0.2, 0.25) is 0 Å². The highest BCUT2D eigenvalue weighted by Gasteiger charge is 2.41. The molecule has 1 saturated carbocycles. The number of carbonyl (C=O) groups is 1. The fourth-order valence-corrected chi connectivity index (χ4v) is 3.42. The predicted molar refractivity (Wildman–Crippen MR) is 79.0 cm³/mol. The molecule has 2 heterocycles. The van der Waals surface area contributed by atoms with Crippen LogP contribution in [0.4, 0.5) is 5.69 Å². The number of ether oxygens (including phenoxy) is 2. The second kappa shape index (κ2) is 5.64. The summed E-state index contributed by atoms with van der Waals surface area (Å²) in [6.45, 7) is 2.46. The van der Waals surface area contributed by atoms with Crippen molar-refractivity contribution in [3.8, 4) is 0 Å². The molecule has 1 atom stereocenters. The third-order valence-electron chi connectivity index (χ3n) is 4.56. The fourth-order valence-electron chi connectivity index (χ4n) is 3.42. The van der Waals surface area contributed by atoms with Gasteiger partial charge in [-0.15, -0.1) is 0 Å². The van der Waals surface area contributed by atoms with Crippen molar-refractivity contribution >= 4 is 11.7 Å². The molecule has 1 unspecified atom stereocenters. The van der Waals surface area contributed by atoms with E-state index in [2.05, 4.69) is 4.98 Å². The average Bonchev–Trinajstić information content (AvgIpc) is 2.89. The second-order valence-electron chi connectivity index (χ2n) is 6.16. The number of nitrogen functional groups attached to an aromatic ring is 1. The number of nitrogens with zero attached hydrogens (tertiary/aromatic N) is 1. The summed E-state index contributed by atoms with van der Waals surface area (Å²) in [6, 6.07) is 1.63. The molecule has 3 rings (SSSR count). The molecule has 0 aromatic carbocycles. The van der Waals surface area contributed by atoms with Crippen LogP contribution in [0.25, 0.3) is 0 Å². The Morgan fingerprint density at radius 2 is 2.24 bits per heavy atom. The van der Waals surface area contributed by atoms with Crippen LogP contribution in [0, 0.1) is 6.92 Å². The molecular formula is C16H22N2O3. The maximum absolute atomic E-state index is 12.3. The second-order valence-corrected chi connectivity index (χ2v) is 6.16. The van der Waals surface area contributed by atoms with Crippen LogP contribution < -0.4 is 5.73 Å². The summed E-state index contributed by atoms with van der Waals surface area (Å²) in [6.07, 6.45) is 7.65. The first-order valence-corrected chi connectivity index (χ1v) is 7.65. The molecule has 0 amide bonds.